The van der Waals surface area contributed by atoms with Gasteiger partial charge in [0.1, 0.15) is 23.1 Å². The van der Waals surface area contributed by atoms with Gasteiger partial charge in [-0.05, 0) is 137 Å². The number of hydrogen-bond donors (Lipinski definition) is 3. The van der Waals surface area contributed by atoms with Crippen LogP contribution < -0.4 is 24.6 Å². The molecule has 4 saturated heterocycles. The lowest BCUT2D eigenvalue weighted by molar-refractivity contribution is -0.384. The molecule has 18 heteroatoms. The second-order valence-corrected chi connectivity index (χ2v) is 22.1. The zero-order chi connectivity index (χ0) is 48.1. The summed E-state index contributed by atoms with van der Waals surface area (Å²) in [5.41, 5.74) is 5.54. The number of hydrogen-bond acceptors (Lipinski definition) is 14. The molecule has 1 aliphatic carbocycles. The lowest BCUT2D eigenvalue weighted by Crippen LogP contribution is -2.55. The molecule has 5 aliphatic heterocycles. The van der Waals surface area contributed by atoms with E-state index < -0.39 is 37.5 Å². The molecule has 2 aromatic heterocycles. The van der Waals surface area contributed by atoms with E-state index in [1.807, 2.05) is 29.2 Å². The number of ether oxygens (including phenoxy) is 4. The van der Waals surface area contributed by atoms with Crippen molar-refractivity contribution in [2.75, 3.05) is 67.7 Å². The van der Waals surface area contributed by atoms with Crippen LogP contribution in [-0.4, -0.2) is 111 Å². The maximum absolute atomic E-state index is 14.6. The summed E-state index contributed by atoms with van der Waals surface area (Å²) in [6.45, 7) is 9.95. The minimum absolute atomic E-state index is 0.108. The Balaban J connectivity index is 0.852. The fourth-order valence-corrected chi connectivity index (χ4v) is 12.9. The number of rotatable bonds is 14. The molecule has 370 valence electrons. The first-order valence-corrected chi connectivity index (χ1v) is 26.4. The molecule has 3 aromatic carbocycles. The van der Waals surface area contributed by atoms with Gasteiger partial charge in [-0.15, -0.1) is 0 Å². The number of nitro benzene ring substituents is 1. The number of aromatic nitrogens is 2. The summed E-state index contributed by atoms with van der Waals surface area (Å²) >= 11 is 0. The lowest BCUT2D eigenvalue weighted by Gasteiger charge is -2.56. The van der Waals surface area contributed by atoms with E-state index >= 15 is 0 Å². The third-order valence-corrected chi connectivity index (χ3v) is 17.1. The number of nitro groups is 1. The van der Waals surface area contributed by atoms with Crippen molar-refractivity contribution >= 4 is 55.4 Å². The highest BCUT2D eigenvalue weighted by Gasteiger charge is 2.50. The van der Waals surface area contributed by atoms with Gasteiger partial charge in [-0.2, -0.15) is 4.98 Å². The van der Waals surface area contributed by atoms with E-state index in [1.165, 1.54) is 42.5 Å². The fourth-order valence-electron chi connectivity index (χ4n) is 11.9. The number of fused-ring (bicyclic) bond motifs is 3. The summed E-state index contributed by atoms with van der Waals surface area (Å²) in [6.07, 6.45) is 10.0. The maximum atomic E-state index is 14.6. The van der Waals surface area contributed by atoms with Crippen molar-refractivity contribution in [1.29, 1.82) is 0 Å². The SMILES string of the molecule is CC(C)OCc1ccccc1[C@@H]1CCCN1C1CC2(CCN(c3ccc(C(=O)NS(=O)(=O)c4ccc(NCC5CCOCC5)c([N+](=O)[O-])c4)c(N4c5cc6cc[nH]c6nc5O[C@@H]5COC[C@H]54)c3)CC2)C1. The topological polar surface area (TPSA) is 194 Å². The molecule has 17 nitrogen and oxygen atoms in total. The Bertz CT molecular complexity index is 2870. The van der Waals surface area contributed by atoms with Crippen LogP contribution in [0.5, 0.6) is 5.88 Å². The third kappa shape index (κ3) is 9.08. The van der Waals surface area contributed by atoms with Crippen molar-refractivity contribution in [3.05, 3.63) is 106 Å². The first kappa shape index (κ1) is 46.6. The van der Waals surface area contributed by atoms with Crippen LogP contribution in [0.15, 0.2) is 83.9 Å². The molecule has 0 bridgehead atoms. The van der Waals surface area contributed by atoms with E-state index in [0.29, 0.717) is 74.6 Å². The molecule has 0 unspecified atom stereocenters. The van der Waals surface area contributed by atoms with Gasteiger partial charge in [-0.25, -0.2) is 13.1 Å². The number of sulfonamides is 1. The standard InChI is InChI=1S/C52H62N8O9S/c1-33(2)68-30-36-6-3-4-7-40(36)43-8-5-19-58(43)38-27-52(28-38)16-20-57(21-17-52)37-9-11-41(44(25-37)59-46-24-35-13-18-53-49(35)55-51(46)69-48-32-67-31-47(48)59)50(61)56-70(64,65)39-10-12-42(45(26-39)60(62)63)54-29-34-14-22-66-23-15-34/h3-4,6-7,9-13,18,24-26,33-34,38,43,47-48,54H,5,8,14-17,19-23,27-32H2,1-2H3,(H,53,55)(H,56,61)/t43-,47+,48+/m0/s1. The third-order valence-electron chi connectivity index (χ3n) is 15.7. The van der Waals surface area contributed by atoms with Gasteiger partial charge >= 0.3 is 0 Å². The molecule has 5 fully saturated rings. The monoisotopic (exact) mass is 974 g/mol. The van der Waals surface area contributed by atoms with Gasteiger partial charge in [-0.3, -0.25) is 19.8 Å². The van der Waals surface area contributed by atoms with E-state index in [2.05, 4.69) is 62.9 Å². The number of aromatic amines is 1. The number of benzene rings is 3. The number of carbonyl (C=O) groups is 1. The lowest BCUT2D eigenvalue weighted by atomic mass is 9.59. The smallest absolute Gasteiger partial charge is 0.293 e. The minimum Gasteiger partial charge on any atom is -0.468 e. The molecule has 7 heterocycles. The molecule has 1 spiro atoms. The van der Waals surface area contributed by atoms with Gasteiger partial charge in [0.2, 0.25) is 5.88 Å². The van der Waals surface area contributed by atoms with Crippen LogP contribution in [0.25, 0.3) is 11.0 Å². The van der Waals surface area contributed by atoms with Gasteiger partial charge in [0.05, 0.1) is 53.0 Å². The number of carbonyl (C=O) groups excluding carboxylic acids is 1. The molecule has 3 N–H and O–H groups in total. The summed E-state index contributed by atoms with van der Waals surface area (Å²) in [5.74, 6) is -0.235. The van der Waals surface area contributed by atoms with Gasteiger partial charge in [0.15, 0.2) is 0 Å². The molecule has 70 heavy (non-hydrogen) atoms. The predicted molar refractivity (Wildman–Crippen MR) is 265 cm³/mol. The van der Waals surface area contributed by atoms with Gasteiger partial charge in [0, 0.05) is 68.3 Å². The van der Waals surface area contributed by atoms with Crippen molar-refractivity contribution in [3.8, 4) is 5.88 Å². The van der Waals surface area contributed by atoms with Crippen molar-refractivity contribution in [3.63, 3.8) is 0 Å². The molecule has 6 aliphatic rings. The normalized spacial score (nSPS) is 22.8. The quantitative estimate of drug-likeness (QED) is 0.0712. The van der Waals surface area contributed by atoms with Crippen LogP contribution >= 0.6 is 0 Å². The van der Waals surface area contributed by atoms with Crippen molar-refractivity contribution in [1.82, 2.24) is 19.6 Å². The Morgan fingerprint density at radius 2 is 1.79 bits per heavy atom. The van der Waals surface area contributed by atoms with Crippen molar-refractivity contribution < 1.29 is 37.1 Å². The number of amides is 1. The molecule has 1 amide bonds. The highest BCUT2D eigenvalue weighted by molar-refractivity contribution is 7.90. The number of pyridine rings is 1. The highest BCUT2D eigenvalue weighted by atomic mass is 32.2. The molecular weight excluding hydrogens is 913 g/mol. The van der Waals surface area contributed by atoms with E-state index in [9.17, 15) is 23.3 Å². The first-order chi connectivity index (χ1) is 33.9. The van der Waals surface area contributed by atoms with Crippen LogP contribution in [0.1, 0.15) is 92.7 Å². The number of piperidine rings is 1. The summed E-state index contributed by atoms with van der Waals surface area (Å²) in [7, 11) is -4.59. The number of nitrogens with zero attached hydrogens (tertiary/aromatic N) is 5. The molecule has 11 rings (SSSR count). The second kappa shape index (κ2) is 19.1. The molecule has 3 atom stereocenters. The van der Waals surface area contributed by atoms with Crippen LogP contribution in [0.2, 0.25) is 0 Å². The number of nitrogens with one attached hydrogen (secondary N) is 3. The average molecular weight is 975 g/mol. The predicted octanol–water partition coefficient (Wildman–Crippen LogP) is 8.24. The molecule has 5 aromatic rings. The number of H-pyrrole nitrogens is 1. The average Bonchev–Trinajstić information content (AvgIpc) is 4.15. The molecular formula is C52H62N8O9S. The van der Waals surface area contributed by atoms with E-state index in [-0.39, 0.29) is 34.7 Å². The summed E-state index contributed by atoms with van der Waals surface area (Å²) in [6, 6.07) is 22.5. The van der Waals surface area contributed by atoms with E-state index in [4.69, 9.17) is 23.9 Å². The molecule has 0 radical (unpaired) electrons. The summed E-state index contributed by atoms with van der Waals surface area (Å²) in [5, 5.41) is 16.3. The van der Waals surface area contributed by atoms with Crippen LogP contribution in [0.3, 0.4) is 0 Å². The Labute approximate surface area is 408 Å². The highest BCUT2D eigenvalue weighted by Crippen LogP contribution is 2.54. The Morgan fingerprint density at radius 3 is 2.59 bits per heavy atom. The van der Waals surface area contributed by atoms with Gasteiger partial charge in [-0.1, -0.05) is 24.3 Å². The van der Waals surface area contributed by atoms with Crippen LogP contribution in [0.4, 0.5) is 28.4 Å². The zero-order valence-corrected chi connectivity index (χ0v) is 40.6. The zero-order valence-electron chi connectivity index (χ0n) is 39.8. The van der Waals surface area contributed by atoms with E-state index in [0.717, 1.165) is 68.9 Å². The number of likely N-dealkylation sites (tertiary alicyclic amines) is 1. The van der Waals surface area contributed by atoms with E-state index in [1.54, 1.807) is 12.3 Å². The first-order valence-electron chi connectivity index (χ1n) is 25.0. The Kier molecular flexibility index (Phi) is 12.7. The van der Waals surface area contributed by atoms with Crippen molar-refractivity contribution in [2.45, 2.75) is 107 Å². The molecule has 1 saturated carbocycles. The Morgan fingerprint density at radius 1 is 0.971 bits per heavy atom. The largest absolute Gasteiger partial charge is 0.468 e. The Hall–Kier alpha value is -5.79. The van der Waals surface area contributed by atoms with Crippen LogP contribution in [0, 0.1) is 21.4 Å². The second-order valence-electron chi connectivity index (χ2n) is 20.4. The van der Waals surface area contributed by atoms with Gasteiger partial charge in [0.25, 0.3) is 21.6 Å². The maximum Gasteiger partial charge on any atom is 0.293 e. The van der Waals surface area contributed by atoms with Crippen molar-refractivity contribution in [2.24, 2.45) is 11.3 Å². The minimum atomic E-state index is -4.59. The fraction of sp³-hybridized carbons (Fsp3) is 0.500. The number of anilines is 4. The summed E-state index contributed by atoms with van der Waals surface area (Å²) in [4.78, 5) is 41.0. The summed E-state index contributed by atoms with van der Waals surface area (Å²) < 4.78 is 54.4. The van der Waals surface area contributed by atoms with Gasteiger partial charge < -0.3 is 39.0 Å². The van der Waals surface area contributed by atoms with Crippen LogP contribution in [-0.2, 0) is 30.8 Å².